The molecule has 3 heterocycles. The Kier molecular flexibility index (Phi) is 11.9. The van der Waals surface area contributed by atoms with E-state index in [1.165, 1.54) is 29.8 Å². The van der Waals surface area contributed by atoms with Crippen LogP contribution in [0.4, 0.5) is 17.3 Å². The second-order valence-electron chi connectivity index (χ2n) is 12.9. The van der Waals surface area contributed by atoms with E-state index >= 15 is 0 Å². The molecule has 0 aliphatic carbocycles. The average molecular weight is 782 g/mol. The summed E-state index contributed by atoms with van der Waals surface area (Å²) in [6.07, 6.45) is 5.22. The molecule has 55 heavy (non-hydrogen) atoms. The summed E-state index contributed by atoms with van der Waals surface area (Å²) < 4.78 is 62.7. The molecule has 4 N–H and O–H groups in total. The SMILES string of the molecule is Cc1ccc(NC(=O)c2ccc(CN3CCN(C)CC3)cc2)cc1Nc1nccc(-c2cccnc2)n1.O=S(=O)(O)c1cccc2c(S(=O)(=O)O)cccc12. The number of carbonyl (C=O) groups excluding carboxylic acids is 1. The normalized spacial score (nSPS) is 13.8. The smallest absolute Gasteiger partial charge is 0.295 e. The van der Waals surface area contributed by atoms with Gasteiger partial charge in [0.1, 0.15) is 9.79 Å². The second kappa shape index (κ2) is 16.8. The lowest BCUT2D eigenvalue weighted by atomic mass is 10.1. The topological polar surface area (TPSA) is 195 Å². The van der Waals surface area contributed by atoms with Crippen LogP contribution in [-0.2, 0) is 26.8 Å². The van der Waals surface area contributed by atoms with Gasteiger partial charge in [-0.2, -0.15) is 16.8 Å². The van der Waals surface area contributed by atoms with Gasteiger partial charge in [-0.25, -0.2) is 9.97 Å². The molecule has 284 valence electrons. The van der Waals surface area contributed by atoms with Crippen molar-refractivity contribution in [3.8, 4) is 11.3 Å². The van der Waals surface area contributed by atoms with Crippen LogP contribution < -0.4 is 10.6 Å². The van der Waals surface area contributed by atoms with Crippen molar-refractivity contribution in [2.75, 3.05) is 43.9 Å². The molecule has 0 atom stereocenters. The summed E-state index contributed by atoms with van der Waals surface area (Å²) in [6, 6.07) is 26.8. The molecule has 2 aromatic heterocycles. The highest BCUT2D eigenvalue weighted by Gasteiger charge is 2.19. The Hall–Kier alpha value is -5.62. The Bertz CT molecular complexity index is 2460. The Morgan fingerprint density at radius 3 is 2.04 bits per heavy atom. The van der Waals surface area contributed by atoms with Crippen LogP contribution in [0.2, 0.25) is 0 Å². The molecule has 0 radical (unpaired) electrons. The average Bonchev–Trinajstić information content (AvgIpc) is 3.17. The van der Waals surface area contributed by atoms with Crippen LogP contribution in [0, 0.1) is 6.92 Å². The monoisotopic (exact) mass is 781 g/mol. The largest absolute Gasteiger partial charge is 0.324 e. The molecule has 14 nitrogen and oxygen atoms in total. The van der Waals surface area contributed by atoms with Gasteiger partial charge in [0.15, 0.2) is 0 Å². The summed E-state index contributed by atoms with van der Waals surface area (Å²) in [4.78, 5) is 30.0. The van der Waals surface area contributed by atoms with Gasteiger partial charge in [-0.3, -0.25) is 23.8 Å². The zero-order chi connectivity index (χ0) is 39.2. The molecule has 0 unspecified atom stereocenters. The Labute approximate surface area is 319 Å². The van der Waals surface area contributed by atoms with Crippen molar-refractivity contribution in [1.29, 1.82) is 0 Å². The number of benzene rings is 4. The van der Waals surface area contributed by atoms with Gasteiger partial charge in [0.25, 0.3) is 26.1 Å². The van der Waals surface area contributed by atoms with Crippen molar-refractivity contribution < 1.29 is 30.7 Å². The minimum atomic E-state index is -4.47. The molecule has 1 fully saturated rings. The van der Waals surface area contributed by atoms with E-state index in [1.807, 2.05) is 67.6 Å². The molecule has 0 saturated carbocycles. The van der Waals surface area contributed by atoms with Crippen LogP contribution in [0.25, 0.3) is 22.0 Å². The van der Waals surface area contributed by atoms with E-state index in [1.54, 1.807) is 18.6 Å². The van der Waals surface area contributed by atoms with Gasteiger partial charge < -0.3 is 15.5 Å². The molecule has 1 aliphatic rings. The molecule has 16 heteroatoms. The number of hydrogen-bond acceptors (Lipinski definition) is 11. The third-order valence-corrected chi connectivity index (χ3v) is 10.8. The fourth-order valence-corrected chi connectivity index (χ4v) is 7.39. The number of fused-ring (bicyclic) bond motifs is 1. The van der Waals surface area contributed by atoms with Crippen LogP contribution in [0.15, 0.2) is 125 Å². The molecular formula is C39H39N7O7S2. The first-order valence-corrected chi connectivity index (χ1v) is 20.0. The predicted octanol–water partition coefficient (Wildman–Crippen LogP) is 5.92. The number of hydrogen-bond donors (Lipinski definition) is 4. The van der Waals surface area contributed by atoms with Gasteiger partial charge >= 0.3 is 0 Å². The maximum atomic E-state index is 12.9. The molecule has 1 saturated heterocycles. The maximum Gasteiger partial charge on any atom is 0.295 e. The fourth-order valence-electron chi connectivity index (χ4n) is 5.98. The molecular weight excluding hydrogens is 743 g/mol. The summed E-state index contributed by atoms with van der Waals surface area (Å²) >= 11 is 0. The standard InChI is InChI=1S/C29H31N7O.C10H8O6S2/c1-21-5-10-25(18-27(21)34-29-31-13-11-26(33-29)24-4-3-12-30-19-24)32-28(37)23-8-6-22(7-9-23)20-36-16-14-35(2)15-17-36;11-17(12,13)9-5-1-3-7-8(9)4-2-6-10(7)18(14,15)16/h3-13,18-19H,14-17,20H2,1-2H3,(H,32,37)(H,31,33,34);1-6H,(H,11,12,13)(H,14,15,16). The van der Waals surface area contributed by atoms with E-state index in [0.717, 1.165) is 67.4 Å². The lowest BCUT2D eigenvalue weighted by Gasteiger charge is -2.32. The van der Waals surface area contributed by atoms with Crippen LogP contribution in [0.5, 0.6) is 0 Å². The Morgan fingerprint density at radius 1 is 0.782 bits per heavy atom. The number of aromatic nitrogens is 3. The third kappa shape index (κ3) is 10.1. The Balaban J connectivity index is 0.000000239. The lowest BCUT2D eigenvalue weighted by molar-refractivity contribution is 0.102. The number of carbonyl (C=O) groups is 1. The number of likely N-dealkylation sites (N-methyl/N-ethyl adjacent to an activating group) is 1. The van der Waals surface area contributed by atoms with Gasteiger partial charge in [0.05, 0.1) is 5.69 Å². The molecule has 1 amide bonds. The maximum absolute atomic E-state index is 12.9. The molecule has 0 bridgehead atoms. The number of amides is 1. The number of nitrogens with one attached hydrogen (secondary N) is 2. The number of anilines is 3. The van der Waals surface area contributed by atoms with Crippen molar-refractivity contribution in [2.24, 2.45) is 0 Å². The highest BCUT2D eigenvalue weighted by Crippen LogP contribution is 2.28. The van der Waals surface area contributed by atoms with Gasteiger partial charge in [0.2, 0.25) is 5.95 Å². The first-order valence-electron chi connectivity index (χ1n) is 17.1. The van der Waals surface area contributed by atoms with E-state index in [2.05, 4.69) is 42.4 Å². The van der Waals surface area contributed by atoms with Crippen molar-refractivity contribution in [3.63, 3.8) is 0 Å². The molecule has 0 spiro atoms. The summed E-state index contributed by atoms with van der Waals surface area (Å²) in [6.45, 7) is 7.24. The predicted molar refractivity (Wildman–Crippen MR) is 210 cm³/mol. The summed E-state index contributed by atoms with van der Waals surface area (Å²) in [7, 11) is -6.78. The summed E-state index contributed by atoms with van der Waals surface area (Å²) in [5.74, 6) is 0.333. The van der Waals surface area contributed by atoms with E-state index in [4.69, 9.17) is 9.11 Å². The van der Waals surface area contributed by atoms with Crippen LogP contribution >= 0.6 is 0 Å². The minimum Gasteiger partial charge on any atom is -0.324 e. The molecule has 1 aliphatic heterocycles. The number of pyridine rings is 1. The first-order chi connectivity index (χ1) is 26.2. The van der Waals surface area contributed by atoms with Gasteiger partial charge in [-0.05, 0) is 79.7 Å². The summed E-state index contributed by atoms with van der Waals surface area (Å²) in [5, 5.41) is 6.34. The number of rotatable bonds is 9. The van der Waals surface area contributed by atoms with Crippen molar-refractivity contribution in [2.45, 2.75) is 23.3 Å². The van der Waals surface area contributed by atoms with E-state index < -0.39 is 30.0 Å². The van der Waals surface area contributed by atoms with Gasteiger partial charge in [-0.1, -0.05) is 42.5 Å². The van der Waals surface area contributed by atoms with E-state index in [-0.39, 0.29) is 16.7 Å². The van der Waals surface area contributed by atoms with Gasteiger partial charge in [0, 0.05) is 84.6 Å². The number of piperazine rings is 1. The zero-order valence-electron chi connectivity index (χ0n) is 30.0. The Morgan fingerprint density at radius 2 is 1.44 bits per heavy atom. The summed E-state index contributed by atoms with van der Waals surface area (Å²) in [5.41, 5.74) is 6.08. The number of aryl methyl sites for hydroxylation is 1. The van der Waals surface area contributed by atoms with Crippen molar-refractivity contribution >= 4 is 54.2 Å². The highest BCUT2D eigenvalue weighted by molar-refractivity contribution is 7.86. The first kappa shape index (κ1) is 39.1. The third-order valence-electron chi connectivity index (χ3n) is 8.97. The highest BCUT2D eigenvalue weighted by atomic mass is 32.2. The van der Waals surface area contributed by atoms with E-state index in [9.17, 15) is 21.6 Å². The second-order valence-corrected chi connectivity index (χ2v) is 15.7. The quantitative estimate of drug-likeness (QED) is 0.126. The van der Waals surface area contributed by atoms with Crippen LogP contribution in [0.3, 0.4) is 0 Å². The van der Waals surface area contributed by atoms with Crippen LogP contribution in [0.1, 0.15) is 21.5 Å². The zero-order valence-corrected chi connectivity index (χ0v) is 31.6. The fraction of sp³-hybridized carbons (Fsp3) is 0.179. The minimum absolute atomic E-state index is 0.0233. The molecule has 7 rings (SSSR count). The van der Waals surface area contributed by atoms with Crippen molar-refractivity contribution in [1.82, 2.24) is 24.8 Å². The molecule has 4 aromatic carbocycles. The van der Waals surface area contributed by atoms with E-state index in [0.29, 0.717) is 17.2 Å². The van der Waals surface area contributed by atoms with Crippen molar-refractivity contribution in [3.05, 3.63) is 132 Å². The number of nitrogens with zero attached hydrogens (tertiary/aromatic N) is 5. The molecule has 6 aromatic rings. The lowest BCUT2D eigenvalue weighted by Crippen LogP contribution is -2.43. The van der Waals surface area contributed by atoms with Crippen LogP contribution in [-0.4, -0.2) is 89.8 Å². The van der Waals surface area contributed by atoms with Gasteiger partial charge in [-0.15, -0.1) is 0 Å².